The Balaban J connectivity index is 2.16. The molecule has 0 radical (unpaired) electrons. The van der Waals surface area contributed by atoms with E-state index >= 15 is 0 Å². The second kappa shape index (κ2) is 5.61. The number of ether oxygens (including phenoxy) is 1. The first kappa shape index (κ1) is 13.2. The summed E-state index contributed by atoms with van der Waals surface area (Å²) >= 11 is 6.28. The number of anilines is 1. The zero-order chi connectivity index (χ0) is 13.1. The number of esters is 1. The molecule has 1 aliphatic rings. The number of aromatic nitrogens is 2. The molecule has 2 rings (SSSR count). The van der Waals surface area contributed by atoms with Crippen LogP contribution in [0.25, 0.3) is 0 Å². The van der Waals surface area contributed by atoms with Gasteiger partial charge in [0.25, 0.3) is 0 Å². The largest absolute Gasteiger partial charge is 0.465 e. The van der Waals surface area contributed by atoms with Gasteiger partial charge in [-0.25, -0.2) is 0 Å². The average molecular weight is 272 g/mol. The molecule has 1 saturated heterocycles. The lowest BCUT2D eigenvalue weighted by atomic mass is 10.4. The predicted octanol–water partition coefficient (Wildman–Crippen LogP) is 2.01. The molecular formula is C12H18ClN3O2. The molecular weight excluding hydrogens is 254 g/mol. The summed E-state index contributed by atoms with van der Waals surface area (Å²) in [6.07, 6.45) is 2.33. The summed E-state index contributed by atoms with van der Waals surface area (Å²) in [5, 5.41) is 5.06. The molecule has 1 aromatic heterocycles. The lowest BCUT2D eigenvalue weighted by molar-refractivity contribution is -0.144. The minimum Gasteiger partial charge on any atom is -0.465 e. The highest BCUT2D eigenvalue weighted by molar-refractivity contribution is 6.33. The third-order valence-corrected chi connectivity index (χ3v) is 3.55. The third-order valence-electron chi connectivity index (χ3n) is 3.11. The van der Waals surface area contributed by atoms with Gasteiger partial charge in [0, 0.05) is 13.1 Å². The smallest absolute Gasteiger partial charge is 0.327 e. The summed E-state index contributed by atoms with van der Waals surface area (Å²) < 4.78 is 6.54. The SMILES string of the molecule is CCOC(=O)Cn1nc(N2CCCC2)c(Cl)c1C. The van der Waals surface area contributed by atoms with Gasteiger partial charge in [0.05, 0.1) is 12.3 Å². The van der Waals surface area contributed by atoms with E-state index in [1.54, 1.807) is 11.6 Å². The van der Waals surface area contributed by atoms with E-state index in [0.717, 1.165) is 24.6 Å². The number of hydrogen-bond acceptors (Lipinski definition) is 4. The molecule has 1 aliphatic heterocycles. The minimum atomic E-state index is -0.285. The van der Waals surface area contributed by atoms with Crippen LogP contribution in [0.4, 0.5) is 5.82 Å². The molecule has 6 heteroatoms. The van der Waals surface area contributed by atoms with Crippen molar-refractivity contribution in [2.24, 2.45) is 0 Å². The first-order chi connectivity index (χ1) is 8.63. The molecule has 2 heterocycles. The van der Waals surface area contributed by atoms with Crippen LogP contribution < -0.4 is 4.90 Å². The van der Waals surface area contributed by atoms with Crippen molar-refractivity contribution in [3.63, 3.8) is 0 Å². The van der Waals surface area contributed by atoms with Gasteiger partial charge in [0.15, 0.2) is 5.82 Å². The molecule has 0 N–H and O–H groups in total. The van der Waals surface area contributed by atoms with E-state index in [1.807, 2.05) is 6.92 Å². The summed E-state index contributed by atoms with van der Waals surface area (Å²) in [6.45, 7) is 6.12. The number of rotatable bonds is 4. The van der Waals surface area contributed by atoms with E-state index in [0.29, 0.717) is 11.6 Å². The normalized spacial score (nSPS) is 15.2. The second-order valence-electron chi connectivity index (χ2n) is 4.38. The third kappa shape index (κ3) is 2.61. The molecule has 0 unspecified atom stereocenters. The first-order valence-electron chi connectivity index (χ1n) is 6.27. The van der Waals surface area contributed by atoms with Gasteiger partial charge in [-0.1, -0.05) is 11.6 Å². The highest BCUT2D eigenvalue weighted by Gasteiger charge is 2.22. The fraction of sp³-hybridized carbons (Fsp3) is 0.667. The number of carbonyl (C=O) groups is 1. The number of hydrogen-bond donors (Lipinski definition) is 0. The van der Waals surface area contributed by atoms with Gasteiger partial charge in [-0.2, -0.15) is 5.10 Å². The van der Waals surface area contributed by atoms with Crippen molar-refractivity contribution < 1.29 is 9.53 Å². The van der Waals surface area contributed by atoms with Crippen molar-refractivity contribution in [1.82, 2.24) is 9.78 Å². The Hall–Kier alpha value is -1.23. The summed E-state index contributed by atoms with van der Waals surface area (Å²) in [5.41, 5.74) is 0.812. The maximum atomic E-state index is 11.5. The Morgan fingerprint density at radius 1 is 1.44 bits per heavy atom. The van der Waals surface area contributed by atoms with E-state index < -0.39 is 0 Å². The van der Waals surface area contributed by atoms with Gasteiger partial charge in [0.2, 0.25) is 0 Å². The summed E-state index contributed by atoms with van der Waals surface area (Å²) in [5.74, 6) is 0.503. The van der Waals surface area contributed by atoms with Gasteiger partial charge >= 0.3 is 5.97 Å². The highest BCUT2D eigenvalue weighted by Crippen LogP contribution is 2.30. The van der Waals surface area contributed by atoms with Gasteiger partial charge in [-0.3, -0.25) is 9.48 Å². The number of carbonyl (C=O) groups excluding carboxylic acids is 1. The molecule has 1 fully saturated rings. The van der Waals surface area contributed by atoms with Crippen molar-refractivity contribution in [2.75, 3.05) is 24.6 Å². The molecule has 5 nitrogen and oxygen atoms in total. The van der Waals surface area contributed by atoms with Crippen LogP contribution in [0.15, 0.2) is 0 Å². The van der Waals surface area contributed by atoms with Crippen LogP contribution in [-0.2, 0) is 16.1 Å². The lowest BCUT2D eigenvalue weighted by Crippen LogP contribution is -2.20. The van der Waals surface area contributed by atoms with Crippen molar-refractivity contribution in [2.45, 2.75) is 33.2 Å². The quantitative estimate of drug-likeness (QED) is 0.786. The van der Waals surface area contributed by atoms with E-state index in [2.05, 4.69) is 10.00 Å². The molecule has 0 saturated carbocycles. The maximum Gasteiger partial charge on any atom is 0.327 e. The van der Waals surface area contributed by atoms with E-state index in [4.69, 9.17) is 16.3 Å². The van der Waals surface area contributed by atoms with Crippen molar-refractivity contribution in [3.05, 3.63) is 10.7 Å². The fourth-order valence-corrected chi connectivity index (χ4v) is 2.38. The molecule has 0 bridgehead atoms. The Kier molecular flexibility index (Phi) is 4.11. The lowest BCUT2D eigenvalue weighted by Gasteiger charge is -2.13. The monoisotopic (exact) mass is 271 g/mol. The van der Waals surface area contributed by atoms with Crippen LogP contribution in [-0.4, -0.2) is 35.4 Å². The Morgan fingerprint density at radius 3 is 2.72 bits per heavy atom. The molecule has 0 spiro atoms. The molecule has 100 valence electrons. The van der Waals surface area contributed by atoms with Crippen LogP contribution in [0, 0.1) is 6.92 Å². The molecule has 0 aliphatic carbocycles. The zero-order valence-corrected chi connectivity index (χ0v) is 11.5. The zero-order valence-electron chi connectivity index (χ0n) is 10.8. The fourth-order valence-electron chi connectivity index (χ4n) is 2.12. The Morgan fingerprint density at radius 2 is 2.11 bits per heavy atom. The Bertz CT molecular complexity index is 439. The summed E-state index contributed by atoms with van der Waals surface area (Å²) in [4.78, 5) is 13.6. The van der Waals surface area contributed by atoms with Gasteiger partial charge in [-0.05, 0) is 26.7 Å². The second-order valence-corrected chi connectivity index (χ2v) is 4.76. The first-order valence-corrected chi connectivity index (χ1v) is 6.64. The van der Waals surface area contributed by atoms with Gasteiger partial charge < -0.3 is 9.64 Å². The maximum absolute atomic E-state index is 11.5. The Labute approximate surface area is 112 Å². The summed E-state index contributed by atoms with van der Waals surface area (Å²) in [7, 11) is 0. The van der Waals surface area contributed by atoms with E-state index in [1.165, 1.54) is 12.8 Å². The van der Waals surface area contributed by atoms with Crippen molar-refractivity contribution >= 4 is 23.4 Å². The standard InChI is InChI=1S/C12H18ClN3O2/c1-3-18-10(17)8-16-9(2)11(13)12(14-16)15-6-4-5-7-15/h3-8H2,1-2H3. The number of nitrogens with zero attached hydrogens (tertiary/aromatic N) is 3. The summed E-state index contributed by atoms with van der Waals surface area (Å²) in [6, 6.07) is 0. The molecule has 0 amide bonds. The van der Waals surface area contributed by atoms with Crippen LogP contribution in [0.1, 0.15) is 25.5 Å². The molecule has 1 aromatic rings. The molecule has 18 heavy (non-hydrogen) atoms. The highest BCUT2D eigenvalue weighted by atomic mass is 35.5. The van der Waals surface area contributed by atoms with Crippen molar-refractivity contribution in [3.8, 4) is 0 Å². The van der Waals surface area contributed by atoms with Crippen LogP contribution >= 0.6 is 11.6 Å². The topological polar surface area (TPSA) is 47.4 Å². The van der Waals surface area contributed by atoms with Gasteiger partial charge in [-0.15, -0.1) is 0 Å². The van der Waals surface area contributed by atoms with Gasteiger partial charge in [0.1, 0.15) is 11.6 Å². The van der Waals surface area contributed by atoms with Crippen LogP contribution in [0.2, 0.25) is 5.02 Å². The predicted molar refractivity (Wildman–Crippen MR) is 70.1 cm³/mol. The molecule has 0 aromatic carbocycles. The molecule has 0 atom stereocenters. The minimum absolute atomic E-state index is 0.118. The van der Waals surface area contributed by atoms with E-state index in [-0.39, 0.29) is 12.5 Å². The van der Waals surface area contributed by atoms with Crippen molar-refractivity contribution in [1.29, 1.82) is 0 Å². The van der Waals surface area contributed by atoms with Crippen LogP contribution in [0.3, 0.4) is 0 Å². The average Bonchev–Trinajstić information content (AvgIpc) is 2.93. The number of halogens is 1. The van der Waals surface area contributed by atoms with Crippen LogP contribution in [0.5, 0.6) is 0 Å². The van der Waals surface area contributed by atoms with E-state index in [9.17, 15) is 4.79 Å².